The van der Waals surface area contributed by atoms with Gasteiger partial charge in [-0.1, -0.05) is 0 Å². The molecule has 0 aromatic heterocycles. The number of nitrogens with zero attached hydrogens (tertiary/aromatic N) is 1. The van der Waals surface area contributed by atoms with Gasteiger partial charge in [-0.15, -0.1) is 0 Å². The fraction of sp³-hybridized carbons (Fsp3) is 0.417. The summed E-state index contributed by atoms with van der Waals surface area (Å²) in [5, 5.41) is 12.8. The molecule has 174 valence electrons. The van der Waals surface area contributed by atoms with Crippen LogP contribution in [0.2, 0.25) is 0 Å². The van der Waals surface area contributed by atoms with E-state index in [-0.39, 0.29) is 49.8 Å². The number of rotatable bonds is 5. The van der Waals surface area contributed by atoms with Crippen molar-refractivity contribution in [2.45, 2.75) is 37.1 Å². The summed E-state index contributed by atoms with van der Waals surface area (Å²) in [4.78, 5) is 26.5. The highest BCUT2D eigenvalue weighted by atomic mass is 16.7. The summed E-state index contributed by atoms with van der Waals surface area (Å²) in [6.45, 7) is -0.0526. The maximum atomic E-state index is 12.8. The van der Waals surface area contributed by atoms with Gasteiger partial charge in [0.2, 0.25) is 12.7 Å². The average Bonchev–Trinajstić information content (AvgIpc) is 3.42. The molecule has 0 unspecified atom stereocenters. The van der Waals surface area contributed by atoms with E-state index in [0.29, 0.717) is 34.9 Å². The zero-order valence-electron chi connectivity index (χ0n) is 18.4. The zero-order chi connectivity index (χ0) is 23.1. The van der Waals surface area contributed by atoms with Crippen molar-refractivity contribution in [2.24, 2.45) is 0 Å². The van der Waals surface area contributed by atoms with Gasteiger partial charge in [0.25, 0.3) is 5.91 Å². The minimum absolute atomic E-state index is 0.0287. The van der Waals surface area contributed by atoms with E-state index >= 15 is 0 Å². The molecular formula is C24H26N2O7. The van der Waals surface area contributed by atoms with E-state index in [1.54, 1.807) is 38.4 Å². The Labute approximate surface area is 191 Å². The topological polar surface area (TPSA) is 107 Å². The van der Waals surface area contributed by atoms with Crippen molar-refractivity contribution in [3.05, 3.63) is 47.5 Å². The first-order chi connectivity index (χ1) is 15.9. The van der Waals surface area contributed by atoms with Gasteiger partial charge in [0.15, 0.2) is 11.5 Å². The quantitative estimate of drug-likeness (QED) is 0.713. The second-order valence-electron chi connectivity index (χ2n) is 8.67. The highest BCUT2D eigenvalue weighted by Crippen LogP contribution is 2.47. The first-order valence-electron chi connectivity index (χ1n) is 10.9. The Balaban J connectivity index is 1.34. The second kappa shape index (κ2) is 8.57. The van der Waals surface area contributed by atoms with Gasteiger partial charge in [0.1, 0.15) is 18.0 Å². The van der Waals surface area contributed by atoms with Gasteiger partial charge in [0, 0.05) is 36.8 Å². The zero-order valence-corrected chi connectivity index (χ0v) is 18.4. The summed E-state index contributed by atoms with van der Waals surface area (Å²) >= 11 is 0. The van der Waals surface area contributed by atoms with Crippen LogP contribution in [-0.4, -0.2) is 67.6 Å². The first-order valence-corrected chi connectivity index (χ1v) is 10.9. The lowest BCUT2D eigenvalue weighted by molar-refractivity contribution is -0.147. The lowest BCUT2D eigenvalue weighted by Gasteiger charge is -2.37. The van der Waals surface area contributed by atoms with Crippen LogP contribution in [0, 0.1) is 0 Å². The molecule has 0 bridgehead atoms. The normalized spacial score (nSPS) is 24.5. The Morgan fingerprint density at radius 2 is 1.88 bits per heavy atom. The average molecular weight is 454 g/mol. The Kier molecular flexibility index (Phi) is 5.59. The lowest BCUT2D eigenvalue weighted by atomic mass is 9.84. The predicted molar refractivity (Wildman–Crippen MR) is 118 cm³/mol. The van der Waals surface area contributed by atoms with Crippen molar-refractivity contribution >= 4 is 17.5 Å². The molecule has 5 rings (SSSR count). The highest BCUT2D eigenvalue weighted by molar-refractivity contribution is 6.04. The minimum Gasteiger partial charge on any atom is -0.487 e. The number of ether oxygens (including phenoxy) is 4. The fourth-order valence-corrected chi connectivity index (χ4v) is 4.59. The van der Waals surface area contributed by atoms with Gasteiger partial charge in [-0.05, 0) is 42.8 Å². The molecule has 9 heteroatoms. The summed E-state index contributed by atoms with van der Waals surface area (Å²) in [5.74, 6) is 1.52. The largest absolute Gasteiger partial charge is 0.487 e. The second-order valence-corrected chi connectivity index (χ2v) is 8.67. The molecule has 0 radical (unpaired) electrons. The molecule has 0 spiro atoms. The molecule has 3 aliphatic heterocycles. The van der Waals surface area contributed by atoms with Crippen molar-refractivity contribution in [1.82, 2.24) is 4.90 Å². The fourth-order valence-electron chi connectivity index (χ4n) is 4.59. The van der Waals surface area contributed by atoms with Crippen molar-refractivity contribution < 1.29 is 33.6 Å². The third-order valence-electron chi connectivity index (χ3n) is 6.29. The Bertz CT molecular complexity index is 1090. The van der Waals surface area contributed by atoms with Crippen LogP contribution in [0.1, 0.15) is 34.7 Å². The molecule has 33 heavy (non-hydrogen) atoms. The maximum Gasteiger partial charge on any atom is 0.255 e. The summed E-state index contributed by atoms with van der Waals surface area (Å²) in [6.07, 6.45) is -0.353. The first kappa shape index (κ1) is 21.5. The molecule has 3 heterocycles. The van der Waals surface area contributed by atoms with Crippen LogP contribution in [0.4, 0.5) is 5.69 Å². The van der Waals surface area contributed by atoms with Gasteiger partial charge in [0.05, 0.1) is 19.1 Å². The van der Waals surface area contributed by atoms with Crippen LogP contribution in [0.25, 0.3) is 0 Å². The van der Waals surface area contributed by atoms with E-state index in [1.165, 1.54) is 4.90 Å². The molecule has 9 nitrogen and oxygen atoms in total. The van der Waals surface area contributed by atoms with Gasteiger partial charge < -0.3 is 34.3 Å². The van der Waals surface area contributed by atoms with Gasteiger partial charge in [-0.3, -0.25) is 9.59 Å². The summed E-state index contributed by atoms with van der Waals surface area (Å²) in [6, 6.07) is 10.5. The van der Waals surface area contributed by atoms with E-state index < -0.39 is 6.10 Å². The molecular weight excluding hydrogens is 428 g/mol. The molecule has 2 amide bonds. The third-order valence-corrected chi connectivity index (χ3v) is 6.29. The van der Waals surface area contributed by atoms with Gasteiger partial charge in [-0.2, -0.15) is 0 Å². The Hall–Kier alpha value is -3.30. The highest BCUT2D eigenvalue weighted by Gasteiger charge is 2.46. The molecule has 3 aliphatic rings. The minimum atomic E-state index is -0.525. The van der Waals surface area contributed by atoms with Crippen molar-refractivity contribution in [2.75, 3.05) is 32.8 Å². The number of nitrogens with one attached hydrogen (secondary N) is 1. The number of carbonyl (C=O) groups excluding carboxylic acids is 2. The molecule has 4 atom stereocenters. The monoisotopic (exact) mass is 454 g/mol. The molecule has 0 aliphatic carbocycles. The number of aliphatic hydroxyl groups is 1. The van der Waals surface area contributed by atoms with E-state index in [2.05, 4.69) is 5.32 Å². The summed E-state index contributed by atoms with van der Waals surface area (Å²) < 4.78 is 22.7. The number of hydrogen-bond donors (Lipinski definition) is 2. The summed E-state index contributed by atoms with van der Waals surface area (Å²) in [5.41, 5.74) is 2.03. The smallest absolute Gasteiger partial charge is 0.255 e. The van der Waals surface area contributed by atoms with E-state index in [9.17, 15) is 14.7 Å². The molecule has 1 fully saturated rings. The number of amides is 2. The third kappa shape index (κ3) is 4.09. The van der Waals surface area contributed by atoms with Crippen LogP contribution in [0.5, 0.6) is 17.2 Å². The van der Waals surface area contributed by atoms with Crippen molar-refractivity contribution in [3.63, 3.8) is 0 Å². The number of anilines is 1. The number of carbonyl (C=O) groups is 2. The molecule has 1 saturated heterocycles. The van der Waals surface area contributed by atoms with E-state index in [0.717, 1.165) is 5.56 Å². The predicted octanol–water partition coefficient (Wildman–Crippen LogP) is 2.14. The molecule has 2 N–H and O–H groups in total. The summed E-state index contributed by atoms with van der Waals surface area (Å²) in [7, 11) is 3.42. The molecule has 0 saturated carbocycles. The van der Waals surface area contributed by atoms with Crippen molar-refractivity contribution in [3.8, 4) is 17.2 Å². The SMILES string of the molecule is CN(C)C(=O)C[C@H]1C[C@H]2c3cc(NC(=O)c4ccc5c(c4)OCO5)ccc3O[C@H]2[C@@H](CO)O1. The molecule has 2 aromatic rings. The standard InChI is InChI=1S/C24H26N2O7/c1-26(2)22(28)10-15-9-17-16-8-14(4-6-18(16)33-23(17)21(11-27)32-15)25-24(29)13-3-5-19-20(7-13)31-12-30-19/h3-8,15,17,21,23,27H,9-12H2,1-2H3,(H,25,29)/t15-,17+,21-,23-/m1/s1. The number of aliphatic hydroxyl groups excluding tert-OH is 1. The van der Waals surface area contributed by atoms with Gasteiger partial charge >= 0.3 is 0 Å². The Morgan fingerprint density at radius 3 is 2.67 bits per heavy atom. The lowest BCUT2D eigenvalue weighted by Crippen LogP contribution is -2.47. The number of benzene rings is 2. The van der Waals surface area contributed by atoms with E-state index in [4.69, 9.17) is 18.9 Å². The van der Waals surface area contributed by atoms with Crippen LogP contribution in [0.3, 0.4) is 0 Å². The maximum absolute atomic E-state index is 12.8. The number of fused-ring (bicyclic) bond motifs is 4. The molecule has 2 aromatic carbocycles. The Morgan fingerprint density at radius 1 is 1.09 bits per heavy atom. The van der Waals surface area contributed by atoms with Crippen LogP contribution < -0.4 is 19.5 Å². The van der Waals surface area contributed by atoms with Crippen LogP contribution >= 0.6 is 0 Å². The van der Waals surface area contributed by atoms with Crippen LogP contribution in [-0.2, 0) is 9.53 Å². The van der Waals surface area contributed by atoms with Crippen molar-refractivity contribution in [1.29, 1.82) is 0 Å². The van der Waals surface area contributed by atoms with E-state index in [1.807, 2.05) is 12.1 Å². The van der Waals surface area contributed by atoms with Gasteiger partial charge in [-0.25, -0.2) is 0 Å². The van der Waals surface area contributed by atoms with Crippen LogP contribution in [0.15, 0.2) is 36.4 Å². The number of hydrogen-bond acceptors (Lipinski definition) is 7.